The molecule has 2 aromatic heterocycles. The highest BCUT2D eigenvalue weighted by Gasteiger charge is 2.14. The predicted molar refractivity (Wildman–Crippen MR) is 101 cm³/mol. The average molecular weight is 347 g/mol. The second-order valence-corrected chi connectivity index (χ2v) is 5.76. The van der Waals surface area contributed by atoms with E-state index < -0.39 is 0 Å². The zero-order valence-electron chi connectivity index (χ0n) is 14.1. The van der Waals surface area contributed by atoms with E-state index in [1.165, 1.54) is 0 Å². The molecule has 7 nitrogen and oxygen atoms in total. The minimum Gasteiger partial charge on any atom is -0.497 e. The molecule has 1 aliphatic rings. The van der Waals surface area contributed by atoms with Gasteiger partial charge in [0.2, 0.25) is 11.8 Å². The van der Waals surface area contributed by atoms with Gasteiger partial charge < -0.3 is 20.1 Å². The fraction of sp³-hybridized carbons (Fsp3) is 0.105. The molecule has 3 aromatic rings. The van der Waals surface area contributed by atoms with Crippen molar-refractivity contribution in [3.8, 4) is 11.6 Å². The number of aromatic nitrogens is 3. The minimum absolute atomic E-state index is 0.0690. The standard InChI is InChI=1S/C19H17N5O2/c1-26-14-6-4-12(5-7-14)10-22-19-23-16(18(25)24-19)9-13-11-21-17-15(13)3-2-8-20-17/h2-9,11,25H,10H2,1H3,(H2,22,23,24). The number of methoxy groups -OCH3 is 1. The van der Waals surface area contributed by atoms with Crippen LogP contribution in [0.2, 0.25) is 0 Å². The largest absolute Gasteiger partial charge is 0.497 e. The fourth-order valence-corrected chi connectivity index (χ4v) is 2.69. The summed E-state index contributed by atoms with van der Waals surface area (Å²) in [5, 5.41) is 13.3. The van der Waals surface area contributed by atoms with Crippen LogP contribution in [-0.2, 0) is 6.54 Å². The first-order valence-corrected chi connectivity index (χ1v) is 8.10. The quantitative estimate of drug-likeness (QED) is 0.657. The molecule has 3 heterocycles. The van der Waals surface area contributed by atoms with E-state index in [1.54, 1.807) is 25.6 Å². The summed E-state index contributed by atoms with van der Waals surface area (Å²) in [6.45, 7) is 0.571. The lowest BCUT2D eigenvalue weighted by Crippen LogP contribution is -2.00. The predicted octanol–water partition coefficient (Wildman–Crippen LogP) is 3.39. The van der Waals surface area contributed by atoms with E-state index in [4.69, 9.17) is 4.74 Å². The highest BCUT2D eigenvalue weighted by molar-refractivity contribution is 6.20. The van der Waals surface area contributed by atoms with Crippen LogP contribution in [0.25, 0.3) is 11.6 Å². The Morgan fingerprint density at radius 3 is 2.88 bits per heavy atom. The van der Waals surface area contributed by atoms with Crippen molar-refractivity contribution in [2.24, 2.45) is 4.99 Å². The number of aromatic hydroxyl groups is 1. The number of imidazole rings is 1. The van der Waals surface area contributed by atoms with Gasteiger partial charge in [-0.15, -0.1) is 0 Å². The number of hydrogen-bond donors (Lipinski definition) is 3. The normalized spacial score (nSPS) is 13.8. The molecule has 26 heavy (non-hydrogen) atoms. The van der Waals surface area contributed by atoms with Gasteiger partial charge >= 0.3 is 0 Å². The summed E-state index contributed by atoms with van der Waals surface area (Å²) in [4.78, 5) is 15.7. The molecular weight excluding hydrogens is 330 g/mol. The van der Waals surface area contributed by atoms with Crippen LogP contribution in [0.5, 0.6) is 11.6 Å². The zero-order chi connectivity index (χ0) is 17.9. The van der Waals surface area contributed by atoms with Crippen molar-refractivity contribution in [2.45, 2.75) is 6.54 Å². The number of nitrogens with one attached hydrogen (secondary N) is 2. The SMILES string of the molecule is COc1ccc(CNc2nc(O)c(C=C3C=Nc4ncccc43)[nH]2)cc1. The maximum atomic E-state index is 10.1. The van der Waals surface area contributed by atoms with Gasteiger partial charge in [0, 0.05) is 30.1 Å². The van der Waals surface area contributed by atoms with Gasteiger partial charge in [0.05, 0.1) is 7.11 Å². The molecule has 0 saturated carbocycles. The minimum atomic E-state index is -0.0690. The molecule has 0 unspecified atom stereocenters. The molecule has 3 N–H and O–H groups in total. The number of fused-ring (bicyclic) bond motifs is 1. The Kier molecular flexibility index (Phi) is 4.10. The van der Waals surface area contributed by atoms with Crippen LogP contribution in [0.3, 0.4) is 0 Å². The van der Waals surface area contributed by atoms with Crippen molar-refractivity contribution in [1.82, 2.24) is 15.0 Å². The number of aromatic amines is 1. The van der Waals surface area contributed by atoms with Crippen molar-refractivity contribution in [3.05, 3.63) is 59.4 Å². The van der Waals surface area contributed by atoms with E-state index in [2.05, 4.69) is 25.3 Å². The van der Waals surface area contributed by atoms with E-state index in [0.717, 1.165) is 22.4 Å². The molecule has 0 fully saturated rings. The van der Waals surface area contributed by atoms with Crippen molar-refractivity contribution in [1.29, 1.82) is 0 Å². The Bertz CT molecular complexity index is 989. The first kappa shape index (κ1) is 15.9. The molecule has 0 amide bonds. The first-order valence-electron chi connectivity index (χ1n) is 8.10. The lowest BCUT2D eigenvalue weighted by Gasteiger charge is -2.04. The summed E-state index contributed by atoms with van der Waals surface area (Å²) in [5.74, 6) is 1.91. The van der Waals surface area contributed by atoms with Gasteiger partial charge in [-0.2, -0.15) is 4.98 Å². The van der Waals surface area contributed by atoms with E-state index >= 15 is 0 Å². The van der Waals surface area contributed by atoms with Crippen LogP contribution in [0, 0.1) is 0 Å². The van der Waals surface area contributed by atoms with E-state index in [1.807, 2.05) is 36.4 Å². The number of allylic oxidation sites excluding steroid dienone is 1. The van der Waals surface area contributed by atoms with Crippen molar-refractivity contribution >= 4 is 29.6 Å². The lowest BCUT2D eigenvalue weighted by atomic mass is 10.1. The van der Waals surface area contributed by atoms with Gasteiger partial charge in [-0.05, 0) is 35.9 Å². The van der Waals surface area contributed by atoms with Gasteiger partial charge in [-0.25, -0.2) is 9.98 Å². The maximum Gasteiger partial charge on any atom is 0.238 e. The Morgan fingerprint density at radius 1 is 1.23 bits per heavy atom. The van der Waals surface area contributed by atoms with Crippen LogP contribution in [0.15, 0.2) is 47.6 Å². The molecule has 0 aliphatic carbocycles. The maximum absolute atomic E-state index is 10.1. The molecule has 0 atom stereocenters. The topological polar surface area (TPSA) is 95.4 Å². The van der Waals surface area contributed by atoms with Crippen LogP contribution < -0.4 is 10.1 Å². The lowest BCUT2D eigenvalue weighted by molar-refractivity contribution is 0.414. The van der Waals surface area contributed by atoms with Crippen LogP contribution in [0.4, 0.5) is 11.8 Å². The Balaban J connectivity index is 1.49. The highest BCUT2D eigenvalue weighted by atomic mass is 16.5. The van der Waals surface area contributed by atoms with Crippen LogP contribution >= 0.6 is 0 Å². The summed E-state index contributed by atoms with van der Waals surface area (Å²) >= 11 is 0. The number of nitrogens with zero attached hydrogens (tertiary/aromatic N) is 3. The number of hydrogen-bond acceptors (Lipinski definition) is 6. The van der Waals surface area contributed by atoms with Crippen molar-refractivity contribution in [2.75, 3.05) is 12.4 Å². The molecule has 4 rings (SSSR count). The van der Waals surface area contributed by atoms with Crippen LogP contribution in [-0.4, -0.2) is 33.4 Å². The van der Waals surface area contributed by atoms with E-state index in [9.17, 15) is 5.11 Å². The highest BCUT2D eigenvalue weighted by Crippen LogP contribution is 2.31. The van der Waals surface area contributed by atoms with Gasteiger partial charge in [-0.3, -0.25) is 0 Å². The third-order valence-electron chi connectivity index (χ3n) is 4.05. The molecule has 1 aromatic carbocycles. The van der Waals surface area contributed by atoms with Gasteiger partial charge in [-0.1, -0.05) is 12.1 Å². The Hall–Kier alpha value is -3.61. The number of H-pyrrole nitrogens is 1. The second kappa shape index (κ2) is 6.72. The molecule has 130 valence electrons. The number of benzene rings is 1. The monoisotopic (exact) mass is 347 g/mol. The molecule has 0 spiro atoms. The molecular formula is C19H17N5O2. The first-order chi connectivity index (χ1) is 12.7. The summed E-state index contributed by atoms with van der Waals surface area (Å²) in [6.07, 6.45) is 5.23. The fourth-order valence-electron chi connectivity index (χ4n) is 2.69. The van der Waals surface area contributed by atoms with Crippen molar-refractivity contribution < 1.29 is 9.84 Å². The third kappa shape index (κ3) is 3.14. The van der Waals surface area contributed by atoms with Gasteiger partial charge in [0.15, 0.2) is 5.82 Å². The summed E-state index contributed by atoms with van der Waals surface area (Å²) in [7, 11) is 1.64. The molecule has 1 aliphatic heterocycles. The smallest absolute Gasteiger partial charge is 0.238 e. The number of ether oxygens (including phenoxy) is 1. The summed E-state index contributed by atoms with van der Waals surface area (Å²) < 4.78 is 5.15. The summed E-state index contributed by atoms with van der Waals surface area (Å²) in [5.41, 5.74) is 3.38. The number of rotatable bonds is 5. The third-order valence-corrected chi connectivity index (χ3v) is 4.05. The number of pyridine rings is 1. The molecule has 0 bridgehead atoms. The molecule has 0 saturated heterocycles. The van der Waals surface area contributed by atoms with E-state index in [0.29, 0.717) is 24.0 Å². The number of aliphatic imine (C=N–C) groups is 1. The number of anilines is 1. The van der Waals surface area contributed by atoms with Gasteiger partial charge in [0.25, 0.3) is 0 Å². The molecule has 0 radical (unpaired) electrons. The van der Waals surface area contributed by atoms with Crippen LogP contribution in [0.1, 0.15) is 16.8 Å². The van der Waals surface area contributed by atoms with E-state index in [-0.39, 0.29) is 5.88 Å². The second-order valence-electron chi connectivity index (χ2n) is 5.76. The Labute approximate surface area is 150 Å². The average Bonchev–Trinajstić information content (AvgIpc) is 3.24. The van der Waals surface area contributed by atoms with Gasteiger partial charge in [0.1, 0.15) is 11.4 Å². The van der Waals surface area contributed by atoms with Crippen molar-refractivity contribution in [3.63, 3.8) is 0 Å². The zero-order valence-corrected chi connectivity index (χ0v) is 14.1. The Morgan fingerprint density at radius 2 is 2.08 bits per heavy atom. The molecule has 7 heteroatoms. The summed E-state index contributed by atoms with van der Waals surface area (Å²) in [6, 6.07) is 11.5.